The Morgan fingerprint density at radius 3 is 2.16 bits per heavy atom. The zero-order valence-corrected chi connectivity index (χ0v) is 13.2. The van der Waals surface area contributed by atoms with Gasteiger partial charge in [-0.05, 0) is 41.8 Å². The second-order valence-corrected chi connectivity index (χ2v) is 7.21. The lowest BCUT2D eigenvalue weighted by Gasteiger charge is -2.28. The van der Waals surface area contributed by atoms with Crippen LogP contribution in [0.15, 0.2) is 24.3 Å². The molecule has 3 unspecified atom stereocenters. The van der Waals surface area contributed by atoms with Gasteiger partial charge < -0.3 is 5.32 Å². The third-order valence-corrected chi connectivity index (χ3v) is 4.80. The summed E-state index contributed by atoms with van der Waals surface area (Å²) >= 11 is 0. The van der Waals surface area contributed by atoms with Crippen LogP contribution in [0.25, 0.3) is 0 Å². The number of hydrogen-bond acceptors (Lipinski definition) is 1. The Hall–Kier alpha value is -0.820. The molecule has 1 saturated carbocycles. The Morgan fingerprint density at radius 1 is 1.11 bits per heavy atom. The smallest absolute Gasteiger partial charge is 0.0348 e. The minimum Gasteiger partial charge on any atom is -0.313 e. The van der Waals surface area contributed by atoms with Gasteiger partial charge in [-0.25, -0.2) is 0 Å². The highest BCUT2D eigenvalue weighted by Gasteiger charge is 2.31. The van der Waals surface area contributed by atoms with Crippen molar-refractivity contribution in [1.82, 2.24) is 5.32 Å². The summed E-state index contributed by atoms with van der Waals surface area (Å²) in [5.74, 6) is 1.64. The Kier molecular flexibility index (Phi) is 4.35. The summed E-state index contributed by atoms with van der Waals surface area (Å²) in [6.45, 7) is 9.23. The molecule has 1 aliphatic carbocycles. The molecule has 0 amide bonds. The Morgan fingerprint density at radius 2 is 1.74 bits per heavy atom. The van der Waals surface area contributed by atoms with Crippen molar-refractivity contribution in [3.8, 4) is 0 Å². The highest BCUT2D eigenvalue weighted by Crippen LogP contribution is 2.40. The van der Waals surface area contributed by atoms with Crippen LogP contribution in [0.1, 0.15) is 64.1 Å². The molecule has 1 aromatic carbocycles. The van der Waals surface area contributed by atoms with E-state index in [1.165, 1.54) is 30.4 Å². The lowest BCUT2D eigenvalue weighted by atomic mass is 9.83. The van der Waals surface area contributed by atoms with Crippen molar-refractivity contribution >= 4 is 0 Å². The first kappa shape index (κ1) is 14.6. The summed E-state index contributed by atoms with van der Waals surface area (Å²) in [5, 5.41) is 3.55. The van der Waals surface area contributed by atoms with Gasteiger partial charge >= 0.3 is 0 Å². The molecular weight excluding hydrogens is 230 g/mol. The van der Waals surface area contributed by atoms with Crippen molar-refractivity contribution < 1.29 is 0 Å². The molecule has 0 aromatic heterocycles. The van der Waals surface area contributed by atoms with E-state index in [0.717, 1.165) is 11.8 Å². The van der Waals surface area contributed by atoms with Gasteiger partial charge in [0.1, 0.15) is 0 Å². The van der Waals surface area contributed by atoms with Crippen LogP contribution >= 0.6 is 0 Å². The van der Waals surface area contributed by atoms with Gasteiger partial charge in [0.15, 0.2) is 0 Å². The topological polar surface area (TPSA) is 12.0 Å². The van der Waals surface area contributed by atoms with Gasteiger partial charge in [0.2, 0.25) is 0 Å². The van der Waals surface area contributed by atoms with Gasteiger partial charge in [-0.15, -0.1) is 0 Å². The van der Waals surface area contributed by atoms with E-state index in [9.17, 15) is 0 Å². The van der Waals surface area contributed by atoms with E-state index >= 15 is 0 Å². The van der Waals surface area contributed by atoms with Crippen molar-refractivity contribution in [3.05, 3.63) is 35.4 Å². The molecule has 1 nitrogen and oxygen atoms in total. The fraction of sp³-hybridized carbons (Fsp3) is 0.667. The summed E-state index contributed by atoms with van der Waals surface area (Å²) in [7, 11) is 2.10. The van der Waals surface area contributed by atoms with Crippen molar-refractivity contribution in [3.63, 3.8) is 0 Å². The minimum atomic E-state index is 0.244. The van der Waals surface area contributed by atoms with Gasteiger partial charge in [-0.3, -0.25) is 0 Å². The third-order valence-electron chi connectivity index (χ3n) is 4.80. The van der Waals surface area contributed by atoms with Gasteiger partial charge in [0.05, 0.1) is 0 Å². The first-order valence-electron chi connectivity index (χ1n) is 7.71. The predicted molar refractivity (Wildman–Crippen MR) is 83.4 cm³/mol. The molecule has 1 N–H and O–H groups in total. The molecule has 0 bridgehead atoms. The summed E-state index contributed by atoms with van der Waals surface area (Å²) in [6.07, 6.45) is 4.15. The van der Waals surface area contributed by atoms with Crippen LogP contribution in [-0.4, -0.2) is 7.05 Å². The predicted octanol–water partition coefficient (Wildman–Crippen LogP) is 4.68. The summed E-state index contributed by atoms with van der Waals surface area (Å²) in [4.78, 5) is 0. The van der Waals surface area contributed by atoms with E-state index in [4.69, 9.17) is 0 Å². The normalized spacial score (nSPS) is 25.5. The van der Waals surface area contributed by atoms with Gasteiger partial charge in [-0.2, -0.15) is 0 Å². The SMILES string of the molecule is CNC(c1ccc(C(C)(C)C)cc1)C1CCCC1C. The van der Waals surface area contributed by atoms with Gasteiger partial charge in [0, 0.05) is 6.04 Å². The molecule has 1 aromatic rings. The van der Waals surface area contributed by atoms with E-state index in [1.807, 2.05) is 0 Å². The van der Waals surface area contributed by atoms with Crippen molar-refractivity contribution in [2.75, 3.05) is 7.05 Å². The molecule has 19 heavy (non-hydrogen) atoms. The molecular formula is C18H29N. The Labute approximate surface area is 118 Å². The number of benzene rings is 1. The molecule has 1 fully saturated rings. The monoisotopic (exact) mass is 259 g/mol. The van der Waals surface area contributed by atoms with Crippen LogP contribution in [0.5, 0.6) is 0 Å². The lowest BCUT2D eigenvalue weighted by Crippen LogP contribution is -2.27. The second kappa shape index (κ2) is 5.66. The van der Waals surface area contributed by atoms with E-state index in [1.54, 1.807) is 0 Å². The number of nitrogens with one attached hydrogen (secondary N) is 1. The maximum atomic E-state index is 3.55. The Balaban J connectivity index is 2.19. The average Bonchev–Trinajstić information content (AvgIpc) is 2.76. The fourth-order valence-electron chi connectivity index (χ4n) is 3.49. The fourth-order valence-corrected chi connectivity index (χ4v) is 3.49. The summed E-state index contributed by atoms with van der Waals surface area (Å²) in [6, 6.07) is 9.78. The second-order valence-electron chi connectivity index (χ2n) is 7.21. The highest BCUT2D eigenvalue weighted by molar-refractivity contribution is 5.29. The molecule has 0 aliphatic heterocycles. The van der Waals surface area contributed by atoms with E-state index in [-0.39, 0.29) is 5.41 Å². The van der Waals surface area contributed by atoms with Crippen LogP contribution in [0, 0.1) is 11.8 Å². The maximum Gasteiger partial charge on any atom is 0.0348 e. The standard InChI is InChI=1S/C18H29N/c1-13-7-6-8-16(13)17(19-5)14-9-11-15(12-10-14)18(2,3)4/h9-13,16-17,19H,6-8H2,1-5H3. The van der Waals surface area contributed by atoms with Crippen LogP contribution < -0.4 is 5.32 Å². The van der Waals surface area contributed by atoms with Crippen LogP contribution in [-0.2, 0) is 5.41 Å². The largest absolute Gasteiger partial charge is 0.313 e. The minimum absolute atomic E-state index is 0.244. The number of hydrogen-bond donors (Lipinski definition) is 1. The average molecular weight is 259 g/mol. The quantitative estimate of drug-likeness (QED) is 0.831. The van der Waals surface area contributed by atoms with E-state index in [2.05, 4.69) is 64.3 Å². The molecule has 0 spiro atoms. The summed E-state index contributed by atoms with van der Waals surface area (Å²) in [5.41, 5.74) is 3.12. The zero-order chi connectivity index (χ0) is 14.0. The zero-order valence-electron chi connectivity index (χ0n) is 13.2. The molecule has 0 radical (unpaired) electrons. The summed E-state index contributed by atoms with van der Waals surface area (Å²) < 4.78 is 0. The lowest BCUT2D eigenvalue weighted by molar-refractivity contribution is 0.315. The first-order valence-corrected chi connectivity index (χ1v) is 7.71. The van der Waals surface area contributed by atoms with Crippen LogP contribution in [0.3, 0.4) is 0 Å². The van der Waals surface area contributed by atoms with E-state index in [0.29, 0.717) is 6.04 Å². The van der Waals surface area contributed by atoms with Crippen LogP contribution in [0.4, 0.5) is 0 Å². The van der Waals surface area contributed by atoms with Crippen LogP contribution in [0.2, 0.25) is 0 Å². The molecule has 0 saturated heterocycles. The van der Waals surface area contributed by atoms with Crippen molar-refractivity contribution in [2.45, 2.75) is 58.4 Å². The molecule has 2 rings (SSSR count). The maximum absolute atomic E-state index is 3.55. The molecule has 3 atom stereocenters. The molecule has 106 valence electrons. The Bertz CT molecular complexity index is 399. The van der Waals surface area contributed by atoms with Crippen molar-refractivity contribution in [2.24, 2.45) is 11.8 Å². The van der Waals surface area contributed by atoms with E-state index < -0.39 is 0 Å². The van der Waals surface area contributed by atoms with Crippen molar-refractivity contribution in [1.29, 1.82) is 0 Å². The molecule has 1 heteroatoms. The molecule has 0 heterocycles. The third kappa shape index (κ3) is 3.20. The van der Waals surface area contributed by atoms with Gasteiger partial charge in [-0.1, -0.05) is 64.8 Å². The highest BCUT2D eigenvalue weighted by atomic mass is 14.9. The number of rotatable bonds is 3. The van der Waals surface area contributed by atoms with Gasteiger partial charge in [0.25, 0.3) is 0 Å². The molecule has 1 aliphatic rings. The first-order chi connectivity index (χ1) is 8.93.